The van der Waals surface area contributed by atoms with Crippen molar-refractivity contribution in [1.29, 1.82) is 0 Å². The number of likely N-dealkylation sites (N-methyl/N-ethyl adjacent to an activating group) is 1. The van der Waals surface area contributed by atoms with Crippen LogP contribution in [0.1, 0.15) is 18.9 Å². The van der Waals surface area contributed by atoms with Crippen molar-refractivity contribution < 1.29 is 4.79 Å². The highest BCUT2D eigenvalue weighted by Crippen LogP contribution is 2.16. The highest BCUT2D eigenvalue weighted by molar-refractivity contribution is 5.81. The van der Waals surface area contributed by atoms with Gasteiger partial charge < -0.3 is 16.0 Å². The molecule has 5 heteroatoms. The van der Waals surface area contributed by atoms with E-state index in [-0.39, 0.29) is 5.91 Å². The second-order valence-electron chi connectivity index (χ2n) is 3.91. The molecular formula is C12H20N4O. The number of hydrogen-bond donors (Lipinski definition) is 2. The average molecular weight is 236 g/mol. The molecule has 0 saturated heterocycles. The minimum absolute atomic E-state index is 0.0150. The molecule has 3 N–H and O–H groups in total. The van der Waals surface area contributed by atoms with Crippen LogP contribution in [-0.4, -0.2) is 31.0 Å². The molecule has 1 aromatic rings. The van der Waals surface area contributed by atoms with E-state index in [0.717, 1.165) is 17.7 Å². The van der Waals surface area contributed by atoms with Crippen LogP contribution in [0.5, 0.6) is 0 Å². The number of rotatable bonds is 6. The van der Waals surface area contributed by atoms with Gasteiger partial charge in [0.05, 0.1) is 18.4 Å². The van der Waals surface area contributed by atoms with Gasteiger partial charge in [-0.15, -0.1) is 0 Å². The topological polar surface area (TPSA) is 71.2 Å². The lowest BCUT2D eigenvalue weighted by Crippen LogP contribution is -2.36. The summed E-state index contributed by atoms with van der Waals surface area (Å²) in [4.78, 5) is 17.5. The maximum atomic E-state index is 11.6. The average Bonchev–Trinajstić information content (AvgIpc) is 2.36. The number of carbonyl (C=O) groups excluding carboxylic acids is 1. The van der Waals surface area contributed by atoms with E-state index in [4.69, 9.17) is 5.73 Å². The molecule has 1 heterocycles. The van der Waals surface area contributed by atoms with Crippen molar-refractivity contribution in [3.63, 3.8) is 0 Å². The Morgan fingerprint density at radius 3 is 3.00 bits per heavy atom. The number of anilines is 1. The Hall–Kier alpha value is -1.62. The molecule has 0 aromatic carbocycles. The van der Waals surface area contributed by atoms with Crippen LogP contribution < -0.4 is 16.0 Å². The van der Waals surface area contributed by atoms with Gasteiger partial charge in [0.1, 0.15) is 0 Å². The molecule has 1 rings (SSSR count). The van der Waals surface area contributed by atoms with Crippen molar-refractivity contribution in [1.82, 2.24) is 10.3 Å². The third-order valence-corrected chi connectivity index (χ3v) is 2.47. The fourth-order valence-electron chi connectivity index (χ4n) is 1.55. The molecule has 0 spiro atoms. The van der Waals surface area contributed by atoms with Crippen molar-refractivity contribution in [3.8, 4) is 0 Å². The fraction of sp³-hybridized carbons (Fsp3) is 0.500. The largest absolute Gasteiger partial charge is 0.364 e. The SMILES string of the molecule is CCCNC(=O)CN(C)c1cnccc1CN. The lowest BCUT2D eigenvalue weighted by molar-refractivity contribution is -0.119. The highest BCUT2D eigenvalue weighted by atomic mass is 16.2. The summed E-state index contributed by atoms with van der Waals surface area (Å²) >= 11 is 0. The second kappa shape index (κ2) is 6.85. The van der Waals surface area contributed by atoms with Crippen molar-refractivity contribution in [2.75, 3.05) is 25.0 Å². The van der Waals surface area contributed by atoms with Crippen LogP contribution >= 0.6 is 0 Å². The molecule has 5 nitrogen and oxygen atoms in total. The predicted molar refractivity (Wildman–Crippen MR) is 68.7 cm³/mol. The normalized spacial score (nSPS) is 10.1. The van der Waals surface area contributed by atoms with Gasteiger partial charge in [-0.1, -0.05) is 6.92 Å². The van der Waals surface area contributed by atoms with Gasteiger partial charge in [0.25, 0.3) is 0 Å². The zero-order valence-electron chi connectivity index (χ0n) is 10.4. The monoisotopic (exact) mass is 236 g/mol. The number of hydrogen-bond acceptors (Lipinski definition) is 4. The van der Waals surface area contributed by atoms with Gasteiger partial charge >= 0.3 is 0 Å². The van der Waals surface area contributed by atoms with Crippen LogP contribution in [0.4, 0.5) is 5.69 Å². The van der Waals surface area contributed by atoms with E-state index < -0.39 is 0 Å². The van der Waals surface area contributed by atoms with E-state index in [1.165, 1.54) is 0 Å². The lowest BCUT2D eigenvalue weighted by Gasteiger charge is -2.20. The molecule has 0 saturated carbocycles. The lowest BCUT2D eigenvalue weighted by atomic mass is 10.2. The number of nitrogens with zero attached hydrogens (tertiary/aromatic N) is 2. The number of pyridine rings is 1. The number of amides is 1. The predicted octanol–water partition coefficient (Wildman–Crippen LogP) is 0.503. The van der Waals surface area contributed by atoms with Crippen LogP contribution in [0, 0.1) is 0 Å². The van der Waals surface area contributed by atoms with E-state index in [1.54, 1.807) is 12.4 Å². The molecule has 0 aliphatic heterocycles. The first kappa shape index (κ1) is 13.4. The van der Waals surface area contributed by atoms with E-state index >= 15 is 0 Å². The number of aromatic nitrogens is 1. The van der Waals surface area contributed by atoms with Crippen LogP contribution in [-0.2, 0) is 11.3 Å². The van der Waals surface area contributed by atoms with Crippen molar-refractivity contribution in [3.05, 3.63) is 24.0 Å². The molecule has 0 atom stereocenters. The van der Waals surface area contributed by atoms with Crippen molar-refractivity contribution in [2.24, 2.45) is 5.73 Å². The summed E-state index contributed by atoms with van der Waals surface area (Å²) in [6, 6.07) is 1.87. The first-order valence-corrected chi connectivity index (χ1v) is 5.79. The minimum atomic E-state index is 0.0150. The maximum absolute atomic E-state index is 11.6. The molecule has 1 aromatic heterocycles. The summed E-state index contributed by atoms with van der Waals surface area (Å²) in [6.45, 7) is 3.50. The fourth-order valence-corrected chi connectivity index (χ4v) is 1.55. The molecule has 0 fully saturated rings. The maximum Gasteiger partial charge on any atom is 0.239 e. The van der Waals surface area contributed by atoms with Gasteiger partial charge in [-0.05, 0) is 18.1 Å². The zero-order chi connectivity index (χ0) is 12.7. The summed E-state index contributed by atoms with van der Waals surface area (Å²) in [5, 5.41) is 2.84. The van der Waals surface area contributed by atoms with E-state index in [2.05, 4.69) is 10.3 Å². The summed E-state index contributed by atoms with van der Waals surface area (Å²) in [7, 11) is 1.86. The molecule has 1 amide bonds. The van der Waals surface area contributed by atoms with Crippen molar-refractivity contribution >= 4 is 11.6 Å². The van der Waals surface area contributed by atoms with Gasteiger partial charge in [0.15, 0.2) is 0 Å². The standard InChI is InChI=1S/C12H20N4O/c1-3-5-15-12(17)9-16(2)11-8-14-6-4-10(11)7-13/h4,6,8H,3,5,7,9,13H2,1-2H3,(H,15,17). The first-order valence-electron chi connectivity index (χ1n) is 5.79. The van der Waals surface area contributed by atoms with Crippen LogP contribution in [0.3, 0.4) is 0 Å². The molecular weight excluding hydrogens is 216 g/mol. The van der Waals surface area contributed by atoms with Crippen LogP contribution in [0.25, 0.3) is 0 Å². The summed E-state index contributed by atoms with van der Waals surface area (Å²) in [6.07, 6.45) is 4.38. The molecule has 0 aliphatic rings. The van der Waals surface area contributed by atoms with Gasteiger partial charge in [0.2, 0.25) is 5.91 Å². The van der Waals surface area contributed by atoms with Crippen molar-refractivity contribution in [2.45, 2.75) is 19.9 Å². The Bertz CT molecular complexity index is 367. The van der Waals surface area contributed by atoms with Gasteiger partial charge in [0, 0.05) is 26.3 Å². The number of nitrogens with two attached hydrogens (primary N) is 1. The summed E-state index contributed by atoms with van der Waals surface area (Å²) in [5.41, 5.74) is 7.54. The molecule has 0 bridgehead atoms. The first-order chi connectivity index (χ1) is 8.19. The Labute approximate surface area is 102 Å². The van der Waals surface area contributed by atoms with Gasteiger partial charge in [-0.3, -0.25) is 9.78 Å². The van der Waals surface area contributed by atoms with E-state index in [9.17, 15) is 4.79 Å². The van der Waals surface area contributed by atoms with E-state index in [1.807, 2.05) is 24.9 Å². The molecule has 0 aliphatic carbocycles. The highest BCUT2D eigenvalue weighted by Gasteiger charge is 2.10. The third-order valence-electron chi connectivity index (χ3n) is 2.47. The Morgan fingerprint density at radius 2 is 2.35 bits per heavy atom. The molecule has 17 heavy (non-hydrogen) atoms. The van der Waals surface area contributed by atoms with E-state index in [0.29, 0.717) is 19.6 Å². The number of nitrogens with one attached hydrogen (secondary N) is 1. The molecule has 94 valence electrons. The number of carbonyl (C=O) groups is 1. The van der Waals surface area contributed by atoms with Crippen LogP contribution in [0.2, 0.25) is 0 Å². The zero-order valence-corrected chi connectivity index (χ0v) is 10.4. The smallest absolute Gasteiger partial charge is 0.239 e. The molecule has 0 unspecified atom stereocenters. The molecule has 0 radical (unpaired) electrons. The second-order valence-corrected chi connectivity index (χ2v) is 3.91. The summed E-state index contributed by atoms with van der Waals surface area (Å²) in [5.74, 6) is 0.0150. The van der Waals surface area contributed by atoms with Gasteiger partial charge in [-0.2, -0.15) is 0 Å². The van der Waals surface area contributed by atoms with Gasteiger partial charge in [-0.25, -0.2) is 0 Å². The third kappa shape index (κ3) is 4.03. The summed E-state index contributed by atoms with van der Waals surface area (Å²) < 4.78 is 0. The Kier molecular flexibility index (Phi) is 5.42. The minimum Gasteiger partial charge on any atom is -0.364 e. The quantitative estimate of drug-likeness (QED) is 0.754. The Balaban J connectivity index is 2.62. The van der Waals surface area contributed by atoms with Crippen LogP contribution in [0.15, 0.2) is 18.5 Å². The Morgan fingerprint density at radius 1 is 1.59 bits per heavy atom.